The summed E-state index contributed by atoms with van der Waals surface area (Å²) in [5.74, 6) is 0.360. The lowest BCUT2D eigenvalue weighted by Crippen LogP contribution is -2.55. The van der Waals surface area contributed by atoms with Gasteiger partial charge in [-0.2, -0.15) is 13.2 Å². The second-order valence-electron chi connectivity index (χ2n) is 6.73. The average molecular weight is 346 g/mol. The van der Waals surface area contributed by atoms with E-state index in [4.69, 9.17) is 4.74 Å². The molecular weight excluding hydrogens is 325 g/mol. The Hall–Kier alpha value is -2.06. The highest BCUT2D eigenvalue weighted by Crippen LogP contribution is 2.27. The Morgan fingerprint density at radius 1 is 1.21 bits per heavy atom. The van der Waals surface area contributed by atoms with E-state index in [9.17, 15) is 18.0 Å². The Bertz CT molecular complexity index is 584. The van der Waals surface area contributed by atoms with Crippen molar-refractivity contribution in [3.63, 3.8) is 0 Å². The van der Waals surface area contributed by atoms with Gasteiger partial charge in [-0.1, -0.05) is 0 Å². The molecule has 1 aromatic rings. The van der Waals surface area contributed by atoms with Gasteiger partial charge in [0.15, 0.2) is 5.69 Å². The maximum atomic E-state index is 12.5. The molecule has 1 amide bonds. The zero-order chi connectivity index (χ0) is 18.1. The SMILES string of the molecule is C[C@@H]1CN(c2cnc(C(F)(F)F)cn2)CCN1C(=O)OC(C)(C)C. The van der Waals surface area contributed by atoms with Gasteiger partial charge in [0.05, 0.1) is 12.4 Å². The van der Waals surface area contributed by atoms with Gasteiger partial charge in [-0.15, -0.1) is 0 Å². The van der Waals surface area contributed by atoms with E-state index < -0.39 is 23.6 Å². The normalized spacial score (nSPS) is 19.4. The van der Waals surface area contributed by atoms with Crippen LogP contribution < -0.4 is 4.90 Å². The summed E-state index contributed by atoms with van der Waals surface area (Å²) >= 11 is 0. The van der Waals surface area contributed by atoms with Crippen LogP contribution in [0.2, 0.25) is 0 Å². The van der Waals surface area contributed by atoms with Gasteiger partial charge >= 0.3 is 12.3 Å². The van der Waals surface area contributed by atoms with Crippen LogP contribution in [0.3, 0.4) is 0 Å². The first-order valence-electron chi connectivity index (χ1n) is 7.61. The van der Waals surface area contributed by atoms with Crippen molar-refractivity contribution in [2.75, 3.05) is 24.5 Å². The molecule has 0 aromatic carbocycles. The fourth-order valence-electron chi connectivity index (χ4n) is 2.39. The van der Waals surface area contributed by atoms with Gasteiger partial charge < -0.3 is 14.5 Å². The number of rotatable bonds is 1. The zero-order valence-corrected chi connectivity index (χ0v) is 14.1. The number of halogens is 3. The topological polar surface area (TPSA) is 58.6 Å². The molecule has 0 unspecified atom stereocenters. The summed E-state index contributed by atoms with van der Waals surface area (Å²) in [5, 5.41) is 0. The van der Waals surface area contributed by atoms with Gasteiger partial charge in [-0.25, -0.2) is 14.8 Å². The van der Waals surface area contributed by atoms with Gasteiger partial charge in [-0.05, 0) is 27.7 Å². The van der Waals surface area contributed by atoms with Crippen LogP contribution in [0, 0.1) is 0 Å². The van der Waals surface area contributed by atoms with Gasteiger partial charge in [0.1, 0.15) is 11.4 Å². The van der Waals surface area contributed by atoms with Crippen molar-refractivity contribution in [1.29, 1.82) is 0 Å². The third-order valence-electron chi connectivity index (χ3n) is 3.51. The summed E-state index contributed by atoms with van der Waals surface area (Å²) in [7, 11) is 0. The largest absolute Gasteiger partial charge is 0.444 e. The summed E-state index contributed by atoms with van der Waals surface area (Å²) in [5.41, 5.74) is -1.60. The molecule has 1 fully saturated rings. The van der Waals surface area contributed by atoms with Crippen LogP contribution in [-0.4, -0.2) is 52.2 Å². The molecule has 0 saturated carbocycles. The van der Waals surface area contributed by atoms with Crippen molar-refractivity contribution in [1.82, 2.24) is 14.9 Å². The highest BCUT2D eigenvalue weighted by atomic mass is 19.4. The molecule has 0 N–H and O–H groups in total. The molecule has 0 bridgehead atoms. The highest BCUT2D eigenvalue weighted by Gasteiger charge is 2.34. The number of hydrogen-bond acceptors (Lipinski definition) is 5. The molecule has 9 heteroatoms. The lowest BCUT2D eigenvalue weighted by Gasteiger charge is -2.40. The van der Waals surface area contributed by atoms with Crippen molar-refractivity contribution < 1.29 is 22.7 Å². The molecule has 0 aliphatic carbocycles. The van der Waals surface area contributed by atoms with Gasteiger partial charge in [-0.3, -0.25) is 0 Å². The van der Waals surface area contributed by atoms with Crippen LogP contribution in [0.15, 0.2) is 12.4 Å². The molecule has 1 aliphatic heterocycles. The average Bonchev–Trinajstić information content (AvgIpc) is 2.44. The maximum Gasteiger partial charge on any atom is 0.434 e. The number of hydrogen-bond donors (Lipinski definition) is 0. The third-order valence-corrected chi connectivity index (χ3v) is 3.51. The minimum Gasteiger partial charge on any atom is -0.444 e. The summed E-state index contributed by atoms with van der Waals surface area (Å²) in [6, 6.07) is -0.155. The van der Waals surface area contributed by atoms with Crippen molar-refractivity contribution in [3.05, 3.63) is 18.1 Å². The van der Waals surface area contributed by atoms with Gasteiger partial charge in [0.2, 0.25) is 0 Å². The van der Waals surface area contributed by atoms with E-state index in [0.717, 1.165) is 12.4 Å². The predicted molar refractivity (Wildman–Crippen MR) is 81.6 cm³/mol. The van der Waals surface area contributed by atoms with Crippen LogP contribution in [0.1, 0.15) is 33.4 Å². The van der Waals surface area contributed by atoms with Crippen molar-refractivity contribution in [2.24, 2.45) is 0 Å². The number of piperazine rings is 1. The predicted octanol–water partition coefficient (Wildman–Crippen LogP) is 2.94. The van der Waals surface area contributed by atoms with Crippen LogP contribution >= 0.6 is 0 Å². The molecule has 0 spiro atoms. The first-order chi connectivity index (χ1) is 11.0. The Morgan fingerprint density at radius 2 is 1.88 bits per heavy atom. The number of alkyl halides is 3. The molecule has 2 rings (SSSR count). The lowest BCUT2D eigenvalue weighted by molar-refractivity contribution is -0.141. The van der Waals surface area contributed by atoms with E-state index in [0.29, 0.717) is 25.5 Å². The molecule has 134 valence electrons. The molecule has 1 atom stereocenters. The Morgan fingerprint density at radius 3 is 2.33 bits per heavy atom. The quantitative estimate of drug-likeness (QED) is 0.782. The van der Waals surface area contributed by atoms with Crippen LogP contribution in [0.25, 0.3) is 0 Å². The van der Waals surface area contributed by atoms with Gasteiger partial charge in [0, 0.05) is 25.7 Å². The first-order valence-corrected chi connectivity index (χ1v) is 7.61. The minimum absolute atomic E-state index is 0.155. The molecule has 2 heterocycles. The lowest BCUT2D eigenvalue weighted by atomic mass is 10.2. The minimum atomic E-state index is -4.51. The summed E-state index contributed by atoms with van der Waals surface area (Å²) < 4.78 is 42.9. The molecule has 1 saturated heterocycles. The number of ether oxygens (including phenoxy) is 1. The van der Waals surface area contributed by atoms with Crippen LogP contribution in [0.5, 0.6) is 0 Å². The Kier molecular flexibility index (Phi) is 4.91. The third kappa shape index (κ3) is 4.48. The van der Waals surface area contributed by atoms with E-state index in [1.807, 2.05) is 6.92 Å². The summed E-state index contributed by atoms with van der Waals surface area (Å²) in [6.45, 7) is 8.53. The number of amides is 1. The number of aromatic nitrogens is 2. The maximum absolute atomic E-state index is 12.5. The van der Waals surface area contributed by atoms with E-state index in [-0.39, 0.29) is 6.04 Å². The molecule has 1 aliphatic rings. The van der Waals surface area contributed by atoms with Crippen molar-refractivity contribution >= 4 is 11.9 Å². The number of carbonyl (C=O) groups is 1. The van der Waals surface area contributed by atoms with Crippen molar-refractivity contribution in [3.8, 4) is 0 Å². The second kappa shape index (κ2) is 6.45. The first kappa shape index (κ1) is 18.3. The zero-order valence-electron chi connectivity index (χ0n) is 14.1. The van der Waals surface area contributed by atoms with Crippen LogP contribution in [-0.2, 0) is 10.9 Å². The van der Waals surface area contributed by atoms with Gasteiger partial charge in [0.25, 0.3) is 0 Å². The molecule has 1 aromatic heterocycles. The van der Waals surface area contributed by atoms with E-state index in [1.54, 1.807) is 30.6 Å². The van der Waals surface area contributed by atoms with Crippen LogP contribution in [0.4, 0.5) is 23.8 Å². The number of nitrogens with zero attached hydrogens (tertiary/aromatic N) is 4. The fourth-order valence-corrected chi connectivity index (χ4v) is 2.39. The van der Waals surface area contributed by atoms with E-state index in [1.165, 1.54) is 0 Å². The molecule has 24 heavy (non-hydrogen) atoms. The van der Waals surface area contributed by atoms with E-state index >= 15 is 0 Å². The van der Waals surface area contributed by atoms with E-state index in [2.05, 4.69) is 9.97 Å². The second-order valence-corrected chi connectivity index (χ2v) is 6.73. The molecule has 6 nitrogen and oxygen atoms in total. The smallest absolute Gasteiger partial charge is 0.434 e. The molecule has 0 radical (unpaired) electrons. The summed E-state index contributed by atoms with van der Waals surface area (Å²) in [6.07, 6.45) is -3.07. The Balaban J connectivity index is 2.01. The summed E-state index contributed by atoms with van der Waals surface area (Å²) in [4.78, 5) is 22.8. The molecular formula is C15H21F3N4O2. The van der Waals surface area contributed by atoms with Crippen molar-refractivity contribution in [2.45, 2.75) is 45.5 Å². The monoisotopic (exact) mass is 346 g/mol. The highest BCUT2D eigenvalue weighted by molar-refractivity contribution is 5.69. The standard InChI is InChI=1S/C15H21F3N4O2/c1-10-9-21(5-6-22(10)13(23)24-14(2,3)4)12-8-19-11(7-20-12)15(16,17)18/h7-8,10H,5-6,9H2,1-4H3/t10-/m1/s1. The fraction of sp³-hybridized carbons (Fsp3) is 0.667. The Labute approximate surface area is 138 Å². The number of carbonyl (C=O) groups excluding carboxylic acids is 1. The number of anilines is 1.